The summed E-state index contributed by atoms with van der Waals surface area (Å²) in [5.74, 6) is 0.707. The third-order valence-electron chi connectivity index (χ3n) is 4.45. The Morgan fingerprint density at radius 1 is 0.833 bits per heavy atom. The van der Waals surface area contributed by atoms with E-state index in [9.17, 15) is 4.79 Å². The van der Waals surface area contributed by atoms with Crippen LogP contribution in [0.4, 0.5) is 16.2 Å². The fourth-order valence-electron chi connectivity index (χ4n) is 3.07. The van der Waals surface area contributed by atoms with Gasteiger partial charge in [0.25, 0.3) is 0 Å². The number of carbonyl (C=O) groups is 1. The number of urea groups is 1. The lowest BCUT2D eigenvalue weighted by Crippen LogP contribution is -2.19. The smallest absolute Gasteiger partial charge is 0.308 e. The van der Waals surface area contributed by atoms with E-state index in [1.54, 1.807) is 15.9 Å². The maximum atomic E-state index is 12.3. The Bertz CT molecular complexity index is 1310. The average Bonchev–Trinajstić information content (AvgIpc) is 3.44. The first-order chi connectivity index (χ1) is 14.8. The zero-order valence-electron chi connectivity index (χ0n) is 15.7. The Morgan fingerprint density at radius 3 is 2.50 bits per heavy atom. The number of carbonyl (C=O) groups excluding carboxylic acids is 1. The van der Waals surface area contributed by atoms with Crippen molar-refractivity contribution < 1.29 is 4.79 Å². The van der Waals surface area contributed by atoms with Gasteiger partial charge >= 0.3 is 6.03 Å². The van der Waals surface area contributed by atoms with Gasteiger partial charge in [-0.3, -0.25) is 0 Å². The molecule has 0 aliphatic carbocycles. The lowest BCUT2D eigenvalue weighted by Gasteiger charge is -2.09. The highest BCUT2D eigenvalue weighted by Gasteiger charge is 2.12. The Hall–Kier alpha value is -4.04. The van der Waals surface area contributed by atoms with Crippen LogP contribution in [0.5, 0.6) is 0 Å². The van der Waals surface area contributed by atoms with Crippen LogP contribution in [0.1, 0.15) is 0 Å². The molecule has 2 aromatic carbocycles. The number of nitrogens with zero attached hydrogens (tertiary/aromatic N) is 4. The maximum absolute atomic E-state index is 12.3. The molecule has 3 heterocycles. The fraction of sp³-hybridized carbons (Fsp3) is 0. The summed E-state index contributed by atoms with van der Waals surface area (Å²) in [6.45, 7) is 0. The number of anilines is 2. The molecule has 5 aromatic rings. The summed E-state index contributed by atoms with van der Waals surface area (Å²) in [7, 11) is 0. The molecule has 8 heteroatoms. The van der Waals surface area contributed by atoms with Crippen LogP contribution in [-0.4, -0.2) is 25.8 Å². The van der Waals surface area contributed by atoms with Crippen LogP contribution in [0.2, 0.25) is 0 Å². The van der Waals surface area contributed by atoms with Gasteiger partial charge in [-0.05, 0) is 47.8 Å². The van der Waals surface area contributed by atoms with Crippen molar-refractivity contribution in [2.24, 2.45) is 0 Å². The van der Waals surface area contributed by atoms with Gasteiger partial charge in [0.1, 0.15) is 0 Å². The van der Waals surface area contributed by atoms with Crippen LogP contribution in [0.15, 0.2) is 84.2 Å². The van der Waals surface area contributed by atoms with Gasteiger partial charge in [0.05, 0.1) is 10.6 Å². The normalized spacial score (nSPS) is 10.8. The van der Waals surface area contributed by atoms with Crippen LogP contribution in [0, 0.1) is 0 Å². The maximum Gasteiger partial charge on any atom is 0.323 e. The molecule has 0 bridgehead atoms. The number of thiophene rings is 1. The van der Waals surface area contributed by atoms with Crippen molar-refractivity contribution >= 4 is 34.4 Å². The van der Waals surface area contributed by atoms with Crippen molar-refractivity contribution in [1.29, 1.82) is 0 Å². The molecular weight excluding hydrogens is 396 g/mol. The zero-order valence-corrected chi connectivity index (χ0v) is 16.5. The van der Waals surface area contributed by atoms with E-state index >= 15 is 0 Å². The lowest BCUT2D eigenvalue weighted by atomic mass is 10.1. The first-order valence-corrected chi connectivity index (χ1v) is 10.1. The predicted molar refractivity (Wildman–Crippen MR) is 119 cm³/mol. The van der Waals surface area contributed by atoms with Crippen LogP contribution < -0.4 is 10.6 Å². The van der Waals surface area contributed by atoms with E-state index < -0.39 is 0 Å². The number of hydrogen-bond donors (Lipinski definition) is 2. The molecule has 0 saturated carbocycles. The highest BCUT2D eigenvalue weighted by molar-refractivity contribution is 7.13. The first kappa shape index (κ1) is 18.0. The molecule has 0 aliphatic heterocycles. The molecule has 0 atom stereocenters. The van der Waals surface area contributed by atoms with E-state index in [-0.39, 0.29) is 6.03 Å². The number of nitrogens with one attached hydrogen (secondary N) is 2. The van der Waals surface area contributed by atoms with Crippen LogP contribution in [0.25, 0.3) is 27.6 Å². The van der Waals surface area contributed by atoms with Gasteiger partial charge in [-0.15, -0.1) is 21.5 Å². The zero-order chi connectivity index (χ0) is 20.3. The highest BCUT2D eigenvalue weighted by Crippen LogP contribution is 2.25. The highest BCUT2D eigenvalue weighted by atomic mass is 32.1. The number of fused-ring (bicyclic) bond motifs is 1. The average molecular weight is 412 g/mol. The Kier molecular flexibility index (Phi) is 4.66. The third-order valence-corrected chi connectivity index (χ3v) is 5.32. The number of hydrogen-bond acceptors (Lipinski definition) is 5. The molecule has 30 heavy (non-hydrogen) atoms. The summed E-state index contributed by atoms with van der Waals surface area (Å²) < 4.78 is 1.74. The van der Waals surface area contributed by atoms with Gasteiger partial charge in [-0.1, -0.05) is 36.4 Å². The fourth-order valence-corrected chi connectivity index (χ4v) is 3.77. The standard InChI is InChI=1S/C22H16N6OS/c29-22(23-16-7-2-1-3-8-16)24-17-9-4-6-15(14-17)18-11-12-20-25-26-21(28(20)27-18)19-10-5-13-30-19/h1-14H,(H2,23,24,29). The van der Waals surface area contributed by atoms with Crippen LogP contribution in [-0.2, 0) is 0 Å². The van der Waals surface area contributed by atoms with E-state index in [1.165, 1.54) is 0 Å². The van der Waals surface area contributed by atoms with Crippen molar-refractivity contribution in [1.82, 2.24) is 19.8 Å². The molecule has 0 saturated heterocycles. The minimum atomic E-state index is -0.305. The van der Waals surface area contributed by atoms with E-state index in [1.807, 2.05) is 84.2 Å². The van der Waals surface area contributed by atoms with E-state index in [4.69, 9.17) is 5.10 Å². The quantitative estimate of drug-likeness (QED) is 0.427. The molecule has 2 amide bonds. The number of para-hydroxylation sites is 1. The number of aromatic nitrogens is 4. The molecule has 0 spiro atoms. The molecular formula is C22H16N6OS. The largest absolute Gasteiger partial charge is 0.323 e. The second-order valence-corrected chi connectivity index (χ2v) is 7.46. The molecule has 3 aromatic heterocycles. The third kappa shape index (κ3) is 3.63. The molecule has 146 valence electrons. The van der Waals surface area contributed by atoms with Crippen molar-refractivity contribution in [3.8, 4) is 22.0 Å². The lowest BCUT2D eigenvalue weighted by molar-refractivity contribution is 0.262. The Labute approximate surface area is 176 Å². The minimum Gasteiger partial charge on any atom is -0.308 e. The molecule has 0 radical (unpaired) electrons. The summed E-state index contributed by atoms with van der Waals surface area (Å²) >= 11 is 1.59. The molecule has 5 rings (SSSR count). The van der Waals surface area contributed by atoms with Crippen molar-refractivity contribution in [2.75, 3.05) is 10.6 Å². The van der Waals surface area contributed by atoms with E-state index in [2.05, 4.69) is 20.8 Å². The first-order valence-electron chi connectivity index (χ1n) is 9.26. The van der Waals surface area contributed by atoms with Gasteiger partial charge in [-0.25, -0.2) is 4.79 Å². The molecule has 7 nitrogen and oxygen atoms in total. The number of amides is 2. The van der Waals surface area contributed by atoms with Gasteiger partial charge < -0.3 is 10.6 Å². The van der Waals surface area contributed by atoms with Gasteiger partial charge in [0, 0.05) is 16.9 Å². The summed E-state index contributed by atoms with van der Waals surface area (Å²) in [6.07, 6.45) is 0. The van der Waals surface area contributed by atoms with E-state index in [0.717, 1.165) is 21.8 Å². The van der Waals surface area contributed by atoms with Crippen molar-refractivity contribution in [2.45, 2.75) is 0 Å². The summed E-state index contributed by atoms with van der Waals surface area (Å²) in [4.78, 5) is 13.3. The number of rotatable bonds is 4. The van der Waals surface area contributed by atoms with Crippen LogP contribution in [0.3, 0.4) is 0 Å². The second kappa shape index (κ2) is 7.76. The van der Waals surface area contributed by atoms with Gasteiger partial charge in [0.15, 0.2) is 11.5 Å². The van der Waals surface area contributed by atoms with Crippen molar-refractivity contribution in [3.05, 3.63) is 84.2 Å². The predicted octanol–water partition coefficient (Wildman–Crippen LogP) is 5.16. The second-order valence-electron chi connectivity index (χ2n) is 6.52. The topological polar surface area (TPSA) is 84.2 Å². The Morgan fingerprint density at radius 2 is 1.67 bits per heavy atom. The summed E-state index contributed by atoms with van der Waals surface area (Å²) in [5.41, 5.74) is 3.71. The van der Waals surface area contributed by atoms with Gasteiger partial charge in [-0.2, -0.15) is 9.61 Å². The van der Waals surface area contributed by atoms with Crippen LogP contribution >= 0.6 is 11.3 Å². The molecule has 0 aliphatic rings. The summed E-state index contributed by atoms with van der Waals surface area (Å²) in [5, 5.41) is 20.8. The minimum absolute atomic E-state index is 0.305. The monoisotopic (exact) mass is 412 g/mol. The molecule has 0 unspecified atom stereocenters. The Balaban J connectivity index is 1.41. The number of benzene rings is 2. The van der Waals surface area contributed by atoms with E-state index in [0.29, 0.717) is 17.2 Å². The molecule has 0 fully saturated rings. The SMILES string of the molecule is O=C(Nc1ccccc1)Nc1cccc(-c2ccc3nnc(-c4cccs4)n3n2)c1. The van der Waals surface area contributed by atoms with Crippen molar-refractivity contribution in [3.63, 3.8) is 0 Å². The summed E-state index contributed by atoms with van der Waals surface area (Å²) in [6, 6.07) is 24.3. The van der Waals surface area contributed by atoms with Gasteiger partial charge in [0.2, 0.25) is 0 Å². The molecule has 2 N–H and O–H groups in total.